The summed E-state index contributed by atoms with van der Waals surface area (Å²) in [6.45, 7) is 5.54. The van der Waals surface area contributed by atoms with E-state index in [1.54, 1.807) is 13.0 Å². The molecule has 1 atom stereocenters. The Morgan fingerprint density at radius 2 is 1.83 bits per heavy atom. The van der Waals surface area contributed by atoms with Gasteiger partial charge in [-0.25, -0.2) is 0 Å². The van der Waals surface area contributed by atoms with E-state index >= 15 is 0 Å². The molecule has 4 rings (SSSR count). The first kappa shape index (κ1) is 25.2. The van der Waals surface area contributed by atoms with Crippen molar-refractivity contribution < 1.29 is 27.7 Å². The number of benzene rings is 2. The molecule has 10 heteroatoms. The van der Waals surface area contributed by atoms with Crippen LogP contribution in [0.1, 0.15) is 50.7 Å². The molecule has 1 aliphatic heterocycles. The molecule has 1 unspecified atom stereocenters. The van der Waals surface area contributed by atoms with E-state index in [0.29, 0.717) is 29.0 Å². The molecule has 0 fully saturated rings. The van der Waals surface area contributed by atoms with Crippen LogP contribution in [0.2, 0.25) is 0 Å². The third-order valence-electron chi connectivity index (χ3n) is 6.35. The van der Waals surface area contributed by atoms with Gasteiger partial charge >= 0.3 is 6.18 Å². The molecule has 2 N–H and O–H groups in total. The van der Waals surface area contributed by atoms with Crippen LogP contribution in [0, 0.1) is 15.5 Å². The Kier molecular flexibility index (Phi) is 6.24. The number of hydrogen-bond donors (Lipinski definition) is 2. The fraction of sp³-hybridized carbons (Fsp3) is 0.308. The summed E-state index contributed by atoms with van der Waals surface area (Å²) in [5.74, 6) is -1.82. The highest BCUT2D eigenvalue weighted by Gasteiger charge is 2.43. The van der Waals surface area contributed by atoms with E-state index in [-0.39, 0.29) is 34.6 Å². The molecule has 1 heterocycles. The predicted molar refractivity (Wildman–Crippen MR) is 127 cm³/mol. The highest BCUT2D eigenvalue weighted by atomic mass is 19.4. The minimum atomic E-state index is -4.59. The second-order valence-electron chi connectivity index (χ2n) is 9.81. The third-order valence-corrected chi connectivity index (χ3v) is 6.35. The number of rotatable bonds is 4. The number of non-ortho nitro benzene ring substituents is 1. The number of ketones is 1. The Bertz CT molecular complexity index is 1340. The fourth-order valence-corrected chi connectivity index (χ4v) is 4.86. The van der Waals surface area contributed by atoms with Gasteiger partial charge in [-0.2, -0.15) is 13.2 Å². The number of alkyl halides is 3. The Balaban J connectivity index is 1.81. The van der Waals surface area contributed by atoms with Crippen LogP contribution < -0.4 is 10.6 Å². The largest absolute Gasteiger partial charge is 0.416 e. The topological polar surface area (TPSA) is 101 Å². The number of nitrogens with one attached hydrogen (secondary N) is 2. The van der Waals surface area contributed by atoms with Crippen molar-refractivity contribution in [2.24, 2.45) is 5.41 Å². The molecule has 2 aromatic rings. The Hall–Kier alpha value is -3.95. The zero-order chi connectivity index (χ0) is 26.4. The summed E-state index contributed by atoms with van der Waals surface area (Å²) >= 11 is 0. The number of halogens is 3. The molecule has 0 saturated heterocycles. The average Bonchev–Trinajstić information content (AvgIpc) is 2.76. The number of dihydropyridines is 1. The second kappa shape index (κ2) is 8.92. The molecule has 188 valence electrons. The molecule has 36 heavy (non-hydrogen) atoms. The molecule has 0 saturated carbocycles. The Morgan fingerprint density at radius 3 is 2.50 bits per heavy atom. The van der Waals surface area contributed by atoms with Crippen molar-refractivity contribution in [1.82, 2.24) is 5.32 Å². The van der Waals surface area contributed by atoms with E-state index < -0.39 is 28.5 Å². The SMILES string of the molecule is CC1=C(C(=O)Nc2cccc(C(F)(F)F)c2)C(c2cccc([N+](=O)[O-])c2)C2=C(CC(C)(C)CC2=O)N1. The number of carbonyl (C=O) groups is 2. The number of hydrogen-bond acceptors (Lipinski definition) is 5. The van der Waals surface area contributed by atoms with Gasteiger partial charge in [-0.15, -0.1) is 0 Å². The third kappa shape index (κ3) is 4.89. The van der Waals surface area contributed by atoms with Crippen LogP contribution in [-0.2, 0) is 15.8 Å². The maximum atomic E-state index is 13.5. The van der Waals surface area contributed by atoms with Gasteiger partial charge in [-0.3, -0.25) is 19.7 Å². The van der Waals surface area contributed by atoms with Gasteiger partial charge in [0.25, 0.3) is 11.6 Å². The van der Waals surface area contributed by atoms with E-state index in [2.05, 4.69) is 10.6 Å². The van der Waals surface area contributed by atoms with Gasteiger partial charge in [-0.1, -0.05) is 32.0 Å². The fourth-order valence-electron chi connectivity index (χ4n) is 4.86. The van der Waals surface area contributed by atoms with Crippen molar-refractivity contribution in [3.05, 3.63) is 92.3 Å². The number of allylic oxidation sites excluding steroid dienone is 3. The van der Waals surface area contributed by atoms with Crippen LogP contribution in [0.3, 0.4) is 0 Å². The monoisotopic (exact) mass is 499 g/mol. The van der Waals surface area contributed by atoms with Crippen LogP contribution in [0.4, 0.5) is 24.5 Å². The summed E-state index contributed by atoms with van der Waals surface area (Å²) in [6, 6.07) is 9.95. The lowest BCUT2D eigenvalue weighted by Crippen LogP contribution is -2.39. The normalized spacial score (nSPS) is 19.5. The number of anilines is 1. The lowest BCUT2D eigenvalue weighted by Gasteiger charge is -2.39. The minimum Gasteiger partial charge on any atom is -0.362 e. The molecule has 1 amide bonds. The number of nitrogens with zero attached hydrogens (tertiary/aromatic N) is 1. The Labute approximate surface area is 205 Å². The average molecular weight is 499 g/mol. The molecule has 0 radical (unpaired) electrons. The van der Waals surface area contributed by atoms with E-state index in [1.807, 2.05) is 13.8 Å². The standard InChI is InChI=1S/C26H24F3N3O4/c1-14-21(24(34)31-17-8-5-7-16(11-17)26(27,28)29)22(15-6-4-9-18(10-15)32(35)36)23-19(30-14)12-25(2,3)13-20(23)33/h4-11,22,30H,12-13H2,1-3H3,(H,31,34). The summed E-state index contributed by atoms with van der Waals surface area (Å²) < 4.78 is 39.5. The first-order chi connectivity index (χ1) is 16.8. The molecule has 7 nitrogen and oxygen atoms in total. The molecular formula is C26H24F3N3O4. The smallest absolute Gasteiger partial charge is 0.362 e. The van der Waals surface area contributed by atoms with E-state index in [1.165, 1.54) is 30.3 Å². The van der Waals surface area contributed by atoms with Crippen molar-refractivity contribution in [1.29, 1.82) is 0 Å². The van der Waals surface area contributed by atoms with Gasteiger partial charge in [-0.05, 0) is 42.5 Å². The van der Waals surface area contributed by atoms with Crippen molar-refractivity contribution in [3.63, 3.8) is 0 Å². The zero-order valence-electron chi connectivity index (χ0n) is 19.8. The lowest BCUT2D eigenvalue weighted by molar-refractivity contribution is -0.384. The van der Waals surface area contributed by atoms with E-state index in [0.717, 1.165) is 12.1 Å². The highest BCUT2D eigenvalue weighted by molar-refractivity contribution is 6.10. The van der Waals surface area contributed by atoms with Gasteiger partial charge in [0.05, 0.1) is 10.5 Å². The lowest BCUT2D eigenvalue weighted by atomic mass is 9.68. The summed E-state index contributed by atoms with van der Waals surface area (Å²) in [5, 5.41) is 17.1. The van der Waals surface area contributed by atoms with Crippen molar-refractivity contribution in [3.8, 4) is 0 Å². The van der Waals surface area contributed by atoms with Crippen LogP contribution in [0.25, 0.3) is 0 Å². The van der Waals surface area contributed by atoms with Gasteiger partial charge in [0, 0.05) is 52.7 Å². The van der Waals surface area contributed by atoms with Gasteiger partial charge in [0.2, 0.25) is 0 Å². The van der Waals surface area contributed by atoms with Gasteiger partial charge < -0.3 is 10.6 Å². The van der Waals surface area contributed by atoms with Gasteiger partial charge in [0.15, 0.2) is 5.78 Å². The van der Waals surface area contributed by atoms with Crippen LogP contribution in [-0.4, -0.2) is 16.6 Å². The molecule has 0 spiro atoms. The first-order valence-electron chi connectivity index (χ1n) is 11.2. The molecule has 0 bridgehead atoms. The number of carbonyl (C=O) groups excluding carboxylic acids is 2. The van der Waals surface area contributed by atoms with Crippen LogP contribution >= 0.6 is 0 Å². The number of nitro benzene ring substituents is 1. The van der Waals surface area contributed by atoms with Crippen molar-refractivity contribution >= 4 is 23.1 Å². The number of Topliss-reactive ketones (excluding diaryl/α,β-unsaturated/α-hetero) is 1. The maximum absolute atomic E-state index is 13.5. The van der Waals surface area contributed by atoms with Crippen molar-refractivity contribution in [2.45, 2.75) is 45.7 Å². The Morgan fingerprint density at radius 1 is 1.14 bits per heavy atom. The summed E-state index contributed by atoms with van der Waals surface area (Å²) in [5.41, 5.74) is 0.373. The predicted octanol–water partition coefficient (Wildman–Crippen LogP) is 5.86. The molecule has 2 aromatic carbocycles. The van der Waals surface area contributed by atoms with Crippen LogP contribution in [0.5, 0.6) is 0 Å². The molecule has 2 aliphatic rings. The quantitative estimate of drug-likeness (QED) is 0.406. The summed E-state index contributed by atoms with van der Waals surface area (Å²) in [7, 11) is 0. The van der Waals surface area contributed by atoms with Gasteiger partial charge in [0.1, 0.15) is 0 Å². The first-order valence-corrected chi connectivity index (χ1v) is 11.2. The van der Waals surface area contributed by atoms with E-state index in [9.17, 15) is 32.9 Å². The highest BCUT2D eigenvalue weighted by Crippen LogP contribution is 2.47. The van der Waals surface area contributed by atoms with Crippen LogP contribution in [0.15, 0.2) is 71.1 Å². The number of amides is 1. The van der Waals surface area contributed by atoms with Crippen molar-refractivity contribution in [2.75, 3.05) is 5.32 Å². The molecule has 0 aromatic heterocycles. The minimum absolute atomic E-state index is 0.0659. The molecule has 1 aliphatic carbocycles. The summed E-state index contributed by atoms with van der Waals surface area (Å²) in [6.07, 6.45) is -3.84. The van der Waals surface area contributed by atoms with E-state index in [4.69, 9.17) is 0 Å². The molecular weight excluding hydrogens is 475 g/mol. The zero-order valence-corrected chi connectivity index (χ0v) is 19.8. The second-order valence-corrected chi connectivity index (χ2v) is 9.81. The summed E-state index contributed by atoms with van der Waals surface area (Å²) in [4.78, 5) is 37.7. The number of nitro groups is 1. The maximum Gasteiger partial charge on any atom is 0.416 e.